The van der Waals surface area contributed by atoms with Crippen LogP contribution in [0.5, 0.6) is 11.5 Å². The monoisotopic (exact) mass is 341 g/mol. The van der Waals surface area contributed by atoms with Gasteiger partial charge in [0.25, 0.3) is 0 Å². The molecule has 2 aromatic carbocycles. The minimum absolute atomic E-state index is 0.0395. The third-order valence-corrected chi connectivity index (χ3v) is 3.96. The van der Waals surface area contributed by atoms with E-state index < -0.39 is 0 Å². The van der Waals surface area contributed by atoms with E-state index in [2.05, 4.69) is 5.32 Å². The Labute approximate surface area is 148 Å². The van der Waals surface area contributed by atoms with Gasteiger partial charge in [0.05, 0.1) is 20.3 Å². The lowest BCUT2D eigenvalue weighted by molar-refractivity contribution is -0.121. The summed E-state index contributed by atoms with van der Waals surface area (Å²) in [6, 6.07) is 14.2. The van der Waals surface area contributed by atoms with Gasteiger partial charge in [-0.25, -0.2) is 0 Å². The van der Waals surface area contributed by atoms with Gasteiger partial charge < -0.3 is 14.8 Å². The number of methoxy groups -OCH3 is 2. The molecule has 5 heteroatoms. The van der Waals surface area contributed by atoms with Crippen LogP contribution in [0.3, 0.4) is 0 Å². The molecule has 2 rings (SSSR count). The van der Waals surface area contributed by atoms with Crippen LogP contribution in [0.1, 0.15) is 41.7 Å². The molecule has 0 unspecified atom stereocenters. The Morgan fingerprint density at radius 1 is 1.00 bits per heavy atom. The van der Waals surface area contributed by atoms with Crippen LogP contribution in [0.4, 0.5) is 0 Å². The average Bonchev–Trinajstić information content (AvgIpc) is 2.66. The minimum Gasteiger partial charge on any atom is -0.497 e. The minimum atomic E-state index is -0.260. The molecule has 0 aliphatic carbocycles. The highest BCUT2D eigenvalue weighted by Crippen LogP contribution is 2.29. The number of carbonyl (C=O) groups is 2. The van der Waals surface area contributed by atoms with E-state index in [-0.39, 0.29) is 30.6 Å². The van der Waals surface area contributed by atoms with Gasteiger partial charge in [0.15, 0.2) is 5.78 Å². The average molecular weight is 341 g/mol. The van der Waals surface area contributed by atoms with Crippen LogP contribution in [0, 0.1) is 0 Å². The Morgan fingerprint density at radius 2 is 1.72 bits per heavy atom. The second-order valence-electron chi connectivity index (χ2n) is 5.69. The molecule has 0 fully saturated rings. The van der Waals surface area contributed by atoms with Crippen molar-refractivity contribution in [2.24, 2.45) is 0 Å². The lowest BCUT2D eigenvalue weighted by Crippen LogP contribution is -2.27. The molecule has 0 aliphatic rings. The third-order valence-electron chi connectivity index (χ3n) is 3.96. The first kappa shape index (κ1) is 18.5. The molecular formula is C20H23NO4. The number of rotatable bonds is 8. The van der Waals surface area contributed by atoms with Crippen molar-refractivity contribution < 1.29 is 19.1 Å². The highest BCUT2D eigenvalue weighted by molar-refractivity contribution is 5.97. The van der Waals surface area contributed by atoms with Crippen LogP contribution in [-0.2, 0) is 4.79 Å². The first-order valence-corrected chi connectivity index (χ1v) is 8.14. The summed E-state index contributed by atoms with van der Waals surface area (Å²) >= 11 is 0. The van der Waals surface area contributed by atoms with Crippen molar-refractivity contribution in [2.75, 3.05) is 14.2 Å². The fourth-order valence-electron chi connectivity index (χ4n) is 2.56. The number of carbonyl (C=O) groups excluding carboxylic acids is 2. The van der Waals surface area contributed by atoms with E-state index in [0.29, 0.717) is 17.1 Å². The quantitative estimate of drug-likeness (QED) is 0.746. The van der Waals surface area contributed by atoms with Crippen molar-refractivity contribution in [1.82, 2.24) is 5.32 Å². The molecule has 5 nitrogen and oxygen atoms in total. The summed E-state index contributed by atoms with van der Waals surface area (Å²) in [5, 5.41) is 2.90. The molecule has 1 N–H and O–H groups in total. The Hall–Kier alpha value is -2.82. The summed E-state index contributed by atoms with van der Waals surface area (Å²) in [5.74, 6) is 1.15. The van der Waals surface area contributed by atoms with Crippen LogP contribution >= 0.6 is 0 Å². The zero-order valence-electron chi connectivity index (χ0n) is 14.7. The summed E-state index contributed by atoms with van der Waals surface area (Å²) in [6.45, 7) is 1.87. The van der Waals surface area contributed by atoms with Gasteiger partial charge in [-0.15, -0.1) is 0 Å². The van der Waals surface area contributed by atoms with E-state index >= 15 is 0 Å². The second kappa shape index (κ2) is 8.87. The standard InChI is InChI=1S/C20H23NO4/c1-14(17-13-16(24-2)9-11-19(17)25-3)21-20(23)12-10-18(22)15-7-5-4-6-8-15/h4-9,11,13-14H,10,12H2,1-3H3,(H,21,23)/t14-/m1/s1. The fourth-order valence-corrected chi connectivity index (χ4v) is 2.56. The first-order valence-electron chi connectivity index (χ1n) is 8.14. The van der Waals surface area contributed by atoms with E-state index in [1.54, 1.807) is 38.5 Å². The van der Waals surface area contributed by atoms with Crippen LogP contribution in [0.15, 0.2) is 48.5 Å². The Kier molecular flexibility index (Phi) is 6.57. The molecule has 1 amide bonds. The molecule has 132 valence electrons. The van der Waals surface area contributed by atoms with E-state index in [9.17, 15) is 9.59 Å². The first-order chi connectivity index (χ1) is 12.0. The van der Waals surface area contributed by atoms with Crippen molar-refractivity contribution in [3.8, 4) is 11.5 Å². The zero-order chi connectivity index (χ0) is 18.2. The van der Waals surface area contributed by atoms with Crippen molar-refractivity contribution in [2.45, 2.75) is 25.8 Å². The van der Waals surface area contributed by atoms with Crippen LogP contribution < -0.4 is 14.8 Å². The predicted octanol–water partition coefficient (Wildman–Crippen LogP) is 3.54. The van der Waals surface area contributed by atoms with Crippen molar-refractivity contribution in [3.63, 3.8) is 0 Å². The summed E-state index contributed by atoms with van der Waals surface area (Å²) in [5.41, 5.74) is 1.45. The lowest BCUT2D eigenvalue weighted by atomic mass is 10.0. The lowest BCUT2D eigenvalue weighted by Gasteiger charge is -2.18. The predicted molar refractivity (Wildman–Crippen MR) is 96.1 cm³/mol. The number of Topliss-reactive ketones (excluding diaryl/α,β-unsaturated/α-hetero) is 1. The Morgan fingerprint density at radius 3 is 2.36 bits per heavy atom. The molecule has 0 saturated heterocycles. The van der Waals surface area contributed by atoms with Crippen LogP contribution in [0.25, 0.3) is 0 Å². The Balaban J connectivity index is 1.95. The maximum Gasteiger partial charge on any atom is 0.220 e. The van der Waals surface area contributed by atoms with Crippen LogP contribution in [-0.4, -0.2) is 25.9 Å². The van der Waals surface area contributed by atoms with Gasteiger partial charge in [-0.2, -0.15) is 0 Å². The maximum atomic E-state index is 12.2. The molecule has 25 heavy (non-hydrogen) atoms. The van der Waals surface area contributed by atoms with Gasteiger partial charge in [0.2, 0.25) is 5.91 Å². The molecule has 2 aromatic rings. The molecule has 0 radical (unpaired) electrons. The molecule has 0 aromatic heterocycles. The maximum absolute atomic E-state index is 12.2. The largest absolute Gasteiger partial charge is 0.497 e. The summed E-state index contributed by atoms with van der Waals surface area (Å²) in [7, 11) is 3.17. The summed E-state index contributed by atoms with van der Waals surface area (Å²) in [4.78, 5) is 24.3. The molecule has 0 heterocycles. The smallest absolute Gasteiger partial charge is 0.220 e. The van der Waals surface area contributed by atoms with Gasteiger partial charge in [-0.1, -0.05) is 30.3 Å². The van der Waals surface area contributed by atoms with Gasteiger partial charge in [-0.3, -0.25) is 9.59 Å². The number of hydrogen-bond donors (Lipinski definition) is 1. The molecule has 0 spiro atoms. The fraction of sp³-hybridized carbons (Fsp3) is 0.300. The van der Waals surface area contributed by atoms with E-state index in [1.807, 2.05) is 31.2 Å². The van der Waals surface area contributed by atoms with Gasteiger partial charge in [-0.05, 0) is 25.1 Å². The Bertz CT molecular complexity index is 728. The number of benzene rings is 2. The summed E-state index contributed by atoms with van der Waals surface area (Å²) < 4.78 is 10.6. The molecular weight excluding hydrogens is 318 g/mol. The highest BCUT2D eigenvalue weighted by atomic mass is 16.5. The van der Waals surface area contributed by atoms with Crippen molar-refractivity contribution in [3.05, 3.63) is 59.7 Å². The van der Waals surface area contributed by atoms with Gasteiger partial charge in [0, 0.05) is 24.0 Å². The molecule has 1 atom stereocenters. The molecule has 0 bridgehead atoms. The molecule has 0 aliphatic heterocycles. The van der Waals surface area contributed by atoms with E-state index in [4.69, 9.17) is 9.47 Å². The van der Waals surface area contributed by atoms with Crippen molar-refractivity contribution in [1.29, 1.82) is 0 Å². The number of ether oxygens (including phenoxy) is 2. The topological polar surface area (TPSA) is 64.6 Å². The number of hydrogen-bond acceptors (Lipinski definition) is 4. The number of ketones is 1. The van der Waals surface area contributed by atoms with Crippen LogP contribution in [0.2, 0.25) is 0 Å². The highest BCUT2D eigenvalue weighted by Gasteiger charge is 2.16. The molecule has 0 saturated carbocycles. The normalized spacial score (nSPS) is 11.5. The van der Waals surface area contributed by atoms with E-state index in [1.165, 1.54) is 0 Å². The second-order valence-corrected chi connectivity index (χ2v) is 5.69. The van der Waals surface area contributed by atoms with E-state index in [0.717, 1.165) is 5.56 Å². The number of nitrogens with one attached hydrogen (secondary N) is 1. The zero-order valence-corrected chi connectivity index (χ0v) is 14.7. The SMILES string of the molecule is COc1ccc(OC)c([C@@H](C)NC(=O)CCC(=O)c2ccccc2)c1. The van der Waals surface area contributed by atoms with Crippen molar-refractivity contribution >= 4 is 11.7 Å². The van der Waals surface area contributed by atoms with Gasteiger partial charge in [0.1, 0.15) is 11.5 Å². The number of amides is 1. The third kappa shape index (κ3) is 5.08. The van der Waals surface area contributed by atoms with Gasteiger partial charge >= 0.3 is 0 Å². The summed E-state index contributed by atoms with van der Waals surface area (Å²) in [6.07, 6.45) is 0.322.